The first-order valence-electron chi connectivity index (χ1n) is 4.24. The van der Waals surface area contributed by atoms with Crippen LogP contribution in [-0.2, 0) is 15.9 Å². The molecular weight excluding hydrogens is 214 g/mol. The lowest BCUT2D eigenvalue weighted by atomic mass is 10.2. The van der Waals surface area contributed by atoms with Gasteiger partial charge in [0.1, 0.15) is 0 Å². The van der Waals surface area contributed by atoms with E-state index in [9.17, 15) is 9.00 Å². The van der Waals surface area contributed by atoms with Crippen LogP contribution in [0.2, 0.25) is 0 Å². The first-order chi connectivity index (χ1) is 7.13. The molecule has 0 aliphatic heterocycles. The summed E-state index contributed by atoms with van der Waals surface area (Å²) in [7, 11) is 1.53. The molecule has 0 spiro atoms. The smallest absolute Gasteiger partial charge is 0.243 e. The molecule has 0 radical (unpaired) electrons. The van der Waals surface area contributed by atoms with E-state index in [0.717, 1.165) is 0 Å². The van der Waals surface area contributed by atoms with Crippen molar-refractivity contribution >= 4 is 23.1 Å². The molecule has 4 nitrogen and oxygen atoms in total. The number of hydrogen-bond acceptors (Lipinski definition) is 2. The Morgan fingerprint density at radius 2 is 2.27 bits per heavy atom. The molecule has 0 aliphatic carbocycles. The van der Waals surface area contributed by atoms with Crippen LogP contribution in [0.15, 0.2) is 35.2 Å². The van der Waals surface area contributed by atoms with Gasteiger partial charge in [0.25, 0.3) is 0 Å². The lowest BCUT2D eigenvalue weighted by molar-refractivity contribution is -0.115. The van der Waals surface area contributed by atoms with Gasteiger partial charge in [-0.15, -0.1) is 0 Å². The summed E-state index contributed by atoms with van der Waals surface area (Å²) in [6, 6.07) is 6.51. The fourth-order valence-corrected chi connectivity index (χ4v) is 1.41. The Hall–Kier alpha value is -1.46. The third kappa shape index (κ3) is 3.65. The number of hydrogen-bond donors (Lipinski definition) is 2. The van der Waals surface area contributed by atoms with E-state index in [0.29, 0.717) is 10.5 Å². The zero-order valence-corrected chi connectivity index (χ0v) is 8.95. The monoisotopic (exact) mass is 225 g/mol. The Labute approximate surface area is 90.3 Å². The van der Waals surface area contributed by atoms with E-state index in [1.807, 2.05) is 0 Å². The number of nitrogens with one attached hydrogen (secondary N) is 1. The van der Waals surface area contributed by atoms with Crippen LogP contribution in [0.1, 0.15) is 5.56 Å². The van der Waals surface area contributed by atoms with Gasteiger partial charge in [-0.25, -0.2) is 4.21 Å². The van der Waals surface area contributed by atoms with Gasteiger partial charge in [-0.2, -0.15) is 0 Å². The van der Waals surface area contributed by atoms with Crippen LogP contribution in [0.5, 0.6) is 0 Å². The van der Waals surface area contributed by atoms with Crippen molar-refractivity contribution in [1.82, 2.24) is 5.32 Å². The van der Waals surface area contributed by atoms with Crippen LogP contribution in [0.3, 0.4) is 0 Å². The summed E-state index contributed by atoms with van der Waals surface area (Å²) >= 11 is -1.99. The van der Waals surface area contributed by atoms with Gasteiger partial charge in [0.2, 0.25) is 5.91 Å². The standard InChI is InChI=1S/C10H11NO3S/c1-11-10(12)6-5-8-3-2-4-9(7-8)15(13)14/h2-7H,1H3,(H,11,12)(H,13,14)/b6-5+. The molecule has 80 valence electrons. The topological polar surface area (TPSA) is 66.4 Å². The molecule has 1 aromatic rings. The molecule has 15 heavy (non-hydrogen) atoms. The minimum atomic E-state index is -1.99. The molecule has 1 atom stereocenters. The Balaban J connectivity index is 2.87. The highest BCUT2D eigenvalue weighted by atomic mass is 32.2. The Morgan fingerprint density at radius 1 is 1.53 bits per heavy atom. The zero-order chi connectivity index (χ0) is 11.3. The highest BCUT2D eigenvalue weighted by Gasteiger charge is 1.99. The van der Waals surface area contributed by atoms with Crippen molar-refractivity contribution in [3.63, 3.8) is 0 Å². The van der Waals surface area contributed by atoms with Crippen LogP contribution in [0, 0.1) is 0 Å². The van der Waals surface area contributed by atoms with Gasteiger partial charge in [-0.05, 0) is 23.8 Å². The maximum atomic E-state index is 10.9. The lowest BCUT2D eigenvalue weighted by Crippen LogP contribution is -2.13. The summed E-state index contributed by atoms with van der Waals surface area (Å²) in [5.41, 5.74) is 0.707. The normalized spacial score (nSPS) is 12.7. The molecule has 1 unspecified atom stereocenters. The second kappa shape index (κ2) is 5.43. The highest BCUT2D eigenvalue weighted by Crippen LogP contribution is 2.09. The fraction of sp³-hybridized carbons (Fsp3) is 0.100. The van der Waals surface area contributed by atoms with Gasteiger partial charge < -0.3 is 9.87 Å². The van der Waals surface area contributed by atoms with Gasteiger partial charge in [0.15, 0.2) is 11.1 Å². The van der Waals surface area contributed by atoms with Crippen LogP contribution in [-0.4, -0.2) is 21.7 Å². The molecule has 0 saturated heterocycles. The first kappa shape index (κ1) is 11.6. The molecule has 0 fully saturated rings. The number of carbonyl (C=O) groups excluding carboxylic acids is 1. The van der Waals surface area contributed by atoms with Gasteiger partial charge in [0, 0.05) is 13.1 Å². The van der Waals surface area contributed by atoms with Crippen molar-refractivity contribution in [2.24, 2.45) is 0 Å². The second-order valence-electron chi connectivity index (χ2n) is 2.77. The molecule has 1 aromatic carbocycles. The Morgan fingerprint density at radius 3 is 2.87 bits per heavy atom. The number of rotatable bonds is 3. The van der Waals surface area contributed by atoms with Crippen molar-refractivity contribution in [3.8, 4) is 0 Å². The number of benzene rings is 1. The van der Waals surface area contributed by atoms with Crippen LogP contribution < -0.4 is 5.32 Å². The first-order valence-corrected chi connectivity index (χ1v) is 5.35. The summed E-state index contributed by atoms with van der Waals surface area (Å²) in [6.45, 7) is 0. The molecule has 0 heterocycles. The third-order valence-corrected chi connectivity index (χ3v) is 2.39. The highest BCUT2D eigenvalue weighted by molar-refractivity contribution is 7.79. The van der Waals surface area contributed by atoms with Crippen molar-refractivity contribution in [1.29, 1.82) is 0 Å². The van der Waals surface area contributed by atoms with Gasteiger partial charge >= 0.3 is 0 Å². The predicted molar refractivity (Wildman–Crippen MR) is 58.6 cm³/mol. The summed E-state index contributed by atoms with van der Waals surface area (Å²) in [4.78, 5) is 11.2. The van der Waals surface area contributed by atoms with Gasteiger partial charge in [-0.3, -0.25) is 4.79 Å². The maximum Gasteiger partial charge on any atom is 0.243 e. The molecular formula is C10H11NO3S. The third-order valence-electron chi connectivity index (χ3n) is 1.73. The van der Waals surface area contributed by atoms with E-state index < -0.39 is 11.1 Å². The second-order valence-corrected chi connectivity index (χ2v) is 3.74. The lowest BCUT2D eigenvalue weighted by Gasteiger charge is -1.97. The van der Waals surface area contributed by atoms with E-state index in [1.165, 1.54) is 13.1 Å². The average Bonchev–Trinajstić information content (AvgIpc) is 2.26. The molecule has 0 aliphatic rings. The van der Waals surface area contributed by atoms with Crippen LogP contribution in [0.25, 0.3) is 6.08 Å². The molecule has 0 bridgehead atoms. The largest absolute Gasteiger partial charge is 0.356 e. The van der Waals surface area contributed by atoms with Crippen LogP contribution in [0.4, 0.5) is 0 Å². The number of carbonyl (C=O) groups is 1. The van der Waals surface area contributed by atoms with Crippen molar-refractivity contribution in [2.45, 2.75) is 4.90 Å². The van der Waals surface area contributed by atoms with Crippen LogP contribution >= 0.6 is 0 Å². The average molecular weight is 225 g/mol. The SMILES string of the molecule is CNC(=O)/C=C/c1cccc(S(=O)O)c1. The Bertz CT molecular complexity index is 415. The van der Waals surface area contributed by atoms with E-state index in [2.05, 4.69) is 5.32 Å². The molecule has 0 aromatic heterocycles. The van der Waals surface area contributed by atoms with E-state index in [-0.39, 0.29) is 5.91 Å². The predicted octanol–water partition coefficient (Wildman–Crippen LogP) is 1.03. The van der Waals surface area contributed by atoms with Gasteiger partial charge in [-0.1, -0.05) is 12.1 Å². The van der Waals surface area contributed by atoms with E-state index in [1.54, 1.807) is 30.3 Å². The number of likely N-dealkylation sites (N-methyl/N-ethyl adjacent to an activating group) is 1. The van der Waals surface area contributed by atoms with E-state index in [4.69, 9.17) is 4.55 Å². The minimum Gasteiger partial charge on any atom is -0.356 e. The zero-order valence-electron chi connectivity index (χ0n) is 8.14. The van der Waals surface area contributed by atoms with Crippen molar-refractivity contribution in [3.05, 3.63) is 35.9 Å². The quantitative estimate of drug-likeness (QED) is 0.596. The Kier molecular flexibility index (Phi) is 4.20. The molecule has 2 N–H and O–H groups in total. The number of amides is 1. The summed E-state index contributed by atoms with van der Waals surface area (Å²) < 4.78 is 19.6. The van der Waals surface area contributed by atoms with Crippen molar-refractivity contribution in [2.75, 3.05) is 7.05 Å². The summed E-state index contributed by atoms with van der Waals surface area (Å²) in [6.07, 6.45) is 2.94. The molecule has 0 saturated carbocycles. The molecule has 1 rings (SSSR count). The molecule has 1 amide bonds. The van der Waals surface area contributed by atoms with Gasteiger partial charge in [0.05, 0.1) is 4.90 Å². The van der Waals surface area contributed by atoms with Crippen molar-refractivity contribution < 1.29 is 13.6 Å². The van der Waals surface area contributed by atoms with E-state index >= 15 is 0 Å². The molecule has 5 heteroatoms. The summed E-state index contributed by atoms with van der Waals surface area (Å²) in [5, 5.41) is 2.44. The maximum absolute atomic E-state index is 10.9. The fourth-order valence-electron chi connectivity index (χ4n) is 0.982. The summed E-state index contributed by atoms with van der Waals surface area (Å²) in [5.74, 6) is -0.217. The minimum absolute atomic E-state index is 0.217.